The van der Waals surface area contributed by atoms with Crippen molar-refractivity contribution in [2.75, 3.05) is 7.05 Å². The average Bonchev–Trinajstić information content (AvgIpc) is 2.41. The molecule has 0 saturated carbocycles. The summed E-state index contributed by atoms with van der Waals surface area (Å²) in [4.78, 5) is 0. The van der Waals surface area contributed by atoms with Crippen LogP contribution in [0, 0.1) is 5.82 Å². The summed E-state index contributed by atoms with van der Waals surface area (Å²) in [7, 11) is 1.92. The Labute approximate surface area is 108 Å². The number of rotatable bonds is 5. The van der Waals surface area contributed by atoms with Gasteiger partial charge in [0, 0.05) is 6.04 Å². The van der Waals surface area contributed by atoms with Crippen molar-refractivity contribution < 1.29 is 4.39 Å². The highest BCUT2D eigenvalue weighted by atomic mass is 19.1. The van der Waals surface area contributed by atoms with Crippen LogP contribution in [0.4, 0.5) is 4.39 Å². The van der Waals surface area contributed by atoms with E-state index < -0.39 is 0 Å². The van der Waals surface area contributed by atoms with Gasteiger partial charge in [0.15, 0.2) is 0 Å². The minimum atomic E-state index is -0.174. The molecule has 1 nitrogen and oxygen atoms in total. The Kier molecular flexibility index (Phi) is 4.48. The van der Waals surface area contributed by atoms with Crippen LogP contribution in [0.5, 0.6) is 0 Å². The molecule has 2 aromatic rings. The smallest absolute Gasteiger partial charge is 0.123 e. The van der Waals surface area contributed by atoms with Gasteiger partial charge in [-0.05, 0) is 43.1 Å². The zero-order valence-electron chi connectivity index (χ0n) is 10.6. The Morgan fingerprint density at radius 2 is 1.83 bits per heavy atom. The molecule has 2 rings (SSSR count). The summed E-state index contributed by atoms with van der Waals surface area (Å²) in [6, 6.07) is 17.4. The normalized spacial score (nSPS) is 12.3. The maximum atomic E-state index is 13.2. The van der Waals surface area contributed by atoms with E-state index in [4.69, 9.17) is 0 Å². The van der Waals surface area contributed by atoms with Crippen molar-refractivity contribution >= 4 is 0 Å². The SMILES string of the molecule is CNC(CCc1ccccc1)c1cccc(F)c1. The highest BCUT2D eigenvalue weighted by Crippen LogP contribution is 2.19. The number of hydrogen-bond donors (Lipinski definition) is 1. The molecule has 18 heavy (non-hydrogen) atoms. The van der Waals surface area contributed by atoms with E-state index in [1.54, 1.807) is 12.1 Å². The number of hydrogen-bond acceptors (Lipinski definition) is 1. The molecule has 0 saturated heterocycles. The number of aryl methyl sites for hydroxylation is 1. The molecule has 2 aromatic carbocycles. The molecule has 0 radical (unpaired) electrons. The lowest BCUT2D eigenvalue weighted by Gasteiger charge is -2.16. The topological polar surface area (TPSA) is 12.0 Å². The summed E-state index contributed by atoms with van der Waals surface area (Å²) in [5.74, 6) is -0.174. The minimum absolute atomic E-state index is 0.174. The third-order valence-electron chi connectivity index (χ3n) is 3.16. The van der Waals surface area contributed by atoms with Crippen LogP contribution in [0.25, 0.3) is 0 Å². The second-order valence-corrected chi connectivity index (χ2v) is 4.42. The van der Waals surface area contributed by atoms with E-state index >= 15 is 0 Å². The van der Waals surface area contributed by atoms with Crippen LogP contribution in [0.2, 0.25) is 0 Å². The van der Waals surface area contributed by atoms with Crippen molar-refractivity contribution in [2.24, 2.45) is 0 Å². The van der Waals surface area contributed by atoms with E-state index in [9.17, 15) is 4.39 Å². The lowest BCUT2D eigenvalue weighted by atomic mass is 9.99. The Hall–Kier alpha value is -1.67. The van der Waals surface area contributed by atoms with E-state index in [-0.39, 0.29) is 11.9 Å². The summed E-state index contributed by atoms with van der Waals surface area (Å²) in [6.45, 7) is 0. The van der Waals surface area contributed by atoms with Gasteiger partial charge in [0.25, 0.3) is 0 Å². The quantitative estimate of drug-likeness (QED) is 0.844. The van der Waals surface area contributed by atoms with Crippen molar-refractivity contribution in [3.63, 3.8) is 0 Å². The zero-order valence-corrected chi connectivity index (χ0v) is 10.6. The lowest BCUT2D eigenvalue weighted by Crippen LogP contribution is -2.17. The molecular formula is C16H18FN. The second kappa shape index (κ2) is 6.31. The monoisotopic (exact) mass is 243 g/mol. The Morgan fingerprint density at radius 3 is 2.50 bits per heavy atom. The predicted molar refractivity (Wildman–Crippen MR) is 73.0 cm³/mol. The standard InChI is InChI=1S/C16H18FN/c1-18-16(14-8-5-9-15(17)12-14)11-10-13-6-3-2-4-7-13/h2-9,12,16,18H,10-11H2,1H3. The van der Waals surface area contributed by atoms with Gasteiger partial charge in [-0.3, -0.25) is 0 Å². The average molecular weight is 243 g/mol. The van der Waals surface area contributed by atoms with Crippen molar-refractivity contribution in [1.82, 2.24) is 5.32 Å². The highest BCUT2D eigenvalue weighted by Gasteiger charge is 2.09. The number of halogens is 1. The summed E-state index contributed by atoms with van der Waals surface area (Å²) < 4.78 is 13.2. The molecule has 94 valence electrons. The fraction of sp³-hybridized carbons (Fsp3) is 0.250. The summed E-state index contributed by atoms with van der Waals surface area (Å²) in [6.07, 6.45) is 1.95. The molecule has 0 aliphatic rings. The lowest BCUT2D eigenvalue weighted by molar-refractivity contribution is 0.542. The first-order chi connectivity index (χ1) is 8.79. The van der Waals surface area contributed by atoms with Crippen molar-refractivity contribution in [2.45, 2.75) is 18.9 Å². The molecule has 0 aliphatic carbocycles. The van der Waals surface area contributed by atoms with Crippen molar-refractivity contribution in [3.05, 3.63) is 71.5 Å². The van der Waals surface area contributed by atoms with E-state index in [0.29, 0.717) is 0 Å². The number of nitrogens with one attached hydrogen (secondary N) is 1. The van der Waals surface area contributed by atoms with Crippen LogP contribution in [-0.4, -0.2) is 7.05 Å². The largest absolute Gasteiger partial charge is 0.313 e. The van der Waals surface area contributed by atoms with E-state index in [1.165, 1.54) is 11.6 Å². The Bertz CT molecular complexity index is 481. The van der Waals surface area contributed by atoms with Gasteiger partial charge < -0.3 is 5.32 Å². The van der Waals surface area contributed by atoms with Gasteiger partial charge in [0.05, 0.1) is 0 Å². The molecule has 1 unspecified atom stereocenters. The van der Waals surface area contributed by atoms with Gasteiger partial charge in [-0.15, -0.1) is 0 Å². The molecule has 0 bridgehead atoms. The third kappa shape index (κ3) is 3.41. The van der Waals surface area contributed by atoms with Crippen LogP contribution in [-0.2, 0) is 6.42 Å². The maximum absolute atomic E-state index is 13.2. The minimum Gasteiger partial charge on any atom is -0.313 e. The van der Waals surface area contributed by atoms with E-state index in [2.05, 4.69) is 17.4 Å². The molecule has 0 heterocycles. The van der Waals surface area contributed by atoms with Gasteiger partial charge in [-0.25, -0.2) is 4.39 Å². The first kappa shape index (κ1) is 12.8. The van der Waals surface area contributed by atoms with Crippen molar-refractivity contribution in [3.8, 4) is 0 Å². The third-order valence-corrected chi connectivity index (χ3v) is 3.16. The molecule has 0 spiro atoms. The van der Waals surface area contributed by atoms with Crippen molar-refractivity contribution in [1.29, 1.82) is 0 Å². The molecule has 1 N–H and O–H groups in total. The van der Waals surface area contributed by atoms with Crippen LogP contribution in [0.1, 0.15) is 23.6 Å². The van der Waals surface area contributed by atoms with Crippen LogP contribution in [0.15, 0.2) is 54.6 Å². The van der Waals surface area contributed by atoms with Gasteiger partial charge in [0.1, 0.15) is 5.82 Å². The Morgan fingerprint density at radius 1 is 1.06 bits per heavy atom. The van der Waals surface area contributed by atoms with Gasteiger partial charge in [-0.1, -0.05) is 42.5 Å². The molecule has 1 atom stereocenters. The summed E-state index contributed by atoms with van der Waals surface area (Å²) >= 11 is 0. The summed E-state index contributed by atoms with van der Waals surface area (Å²) in [5, 5.41) is 3.25. The number of benzene rings is 2. The highest BCUT2D eigenvalue weighted by molar-refractivity contribution is 5.21. The molecule has 0 fully saturated rings. The Balaban J connectivity index is 2.02. The van der Waals surface area contributed by atoms with Gasteiger partial charge in [0.2, 0.25) is 0 Å². The first-order valence-electron chi connectivity index (χ1n) is 6.26. The van der Waals surface area contributed by atoms with Gasteiger partial charge in [-0.2, -0.15) is 0 Å². The second-order valence-electron chi connectivity index (χ2n) is 4.42. The first-order valence-corrected chi connectivity index (χ1v) is 6.26. The molecule has 2 heteroatoms. The molecule has 0 aromatic heterocycles. The van der Waals surface area contributed by atoms with E-state index in [0.717, 1.165) is 18.4 Å². The fourth-order valence-corrected chi connectivity index (χ4v) is 2.16. The van der Waals surface area contributed by atoms with Gasteiger partial charge >= 0.3 is 0 Å². The van der Waals surface area contributed by atoms with Crippen LogP contribution < -0.4 is 5.32 Å². The van der Waals surface area contributed by atoms with Crippen LogP contribution in [0.3, 0.4) is 0 Å². The molecule has 0 aliphatic heterocycles. The predicted octanol–water partition coefficient (Wildman–Crippen LogP) is 3.72. The fourth-order valence-electron chi connectivity index (χ4n) is 2.16. The zero-order chi connectivity index (χ0) is 12.8. The maximum Gasteiger partial charge on any atom is 0.123 e. The summed E-state index contributed by atoms with van der Waals surface area (Å²) in [5.41, 5.74) is 2.32. The molecule has 0 amide bonds. The van der Waals surface area contributed by atoms with E-state index in [1.807, 2.05) is 31.3 Å². The molecular weight excluding hydrogens is 225 g/mol. The van der Waals surface area contributed by atoms with Crippen LogP contribution >= 0.6 is 0 Å².